The van der Waals surface area contributed by atoms with Crippen molar-refractivity contribution in [2.24, 2.45) is 11.7 Å². The van der Waals surface area contributed by atoms with Crippen molar-refractivity contribution in [3.63, 3.8) is 0 Å². The average Bonchev–Trinajstić information content (AvgIpc) is 2.07. The molecule has 0 aromatic heterocycles. The summed E-state index contributed by atoms with van der Waals surface area (Å²) in [6.45, 7) is 7.20. The zero-order valence-corrected chi connectivity index (χ0v) is 8.46. The Kier molecular flexibility index (Phi) is 2.58. The van der Waals surface area contributed by atoms with Crippen LogP contribution in [0.4, 0.5) is 0 Å². The van der Waals surface area contributed by atoms with E-state index in [-0.39, 0.29) is 5.54 Å². The highest BCUT2D eigenvalue weighted by molar-refractivity contribution is 4.98. The number of hydrogen-bond donors (Lipinski definition) is 1. The molecule has 0 aliphatic carbocycles. The number of hydrogen-bond acceptors (Lipinski definition) is 3. The minimum absolute atomic E-state index is 0.208. The van der Waals surface area contributed by atoms with Gasteiger partial charge in [0, 0.05) is 6.54 Å². The number of piperidine rings is 1. The predicted octanol–water partition coefficient (Wildman–Crippen LogP) is 0.446. The molecule has 0 spiro atoms. The summed E-state index contributed by atoms with van der Waals surface area (Å²) >= 11 is 0. The van der Waals surface area contributed by atoms with Crippen molar-refractivity contribution >= 4 is 0 Å². The van der Waals surface area contributed by atoms with Crippen LogP contribution >= 0.6 is 0 Å². The summed E-state index contributed by atoms with van der Waals surface area (Å²) in [5.41, 5.74) is 6.02. The van der Waals surface area contributed by atoms with E-state index in [2.05, 4.69) is 11.8 Å². The van der Waals surface area contributed by atoms with Gasteiger partial charge >= 0.3 is 0 Å². The van der Waals surface area contributed by atoms with Gasteiger partial charge in [-0.25, -0.2) is 0 Å². The normalized spacial score (nSPS) is 30.0. The van der Waals surface area contributed by atoms with E-state index in [1.165, 1.54) is 25.9 Å². The van der Waals surface area contributed by atoms with E-state index in [1.54, 1.807) is 0 Å². The largest absolute Gasteiger partial charge is 0.377 e. The van der Waals surface area contributed by atoms with E-state index in [4.69, 9.17) is 10.5 Å². The van der Waals surface area contributed by atoms with E-state index >= 15 is 0 Å². The quantitative estimate of drug-likeness (QED) is 0.677. The van der Waals surface area contributed by atoms with Gasteiger partial charge in [-0.05, 0) is 31.8 Å². The molecule has 0 unspecified atom stereocenters. The van der Waals surface area contributed by atoms with Crippen LogP contribution < -0.4 is 5.73 Å². The third kappa shape index (κ3) is 1.60. The summed E-state index contributed by atoms with van der Waals surface area (Å²) in [6, 6.07) is 0. The Bertz CT molecular complexity index is 166. The lowest BCUT2D eigenvalue weighted by Crippen LogP contribution is -2.67. The molecule has 2 aliphatic rings. The van der Waals surface area contributed by atoms with Crippen LogP contribution in [0.1, 0.15) is 19.8 Å². The molecule has 2 saturated heterocycles. The molecule has 13 heavy (non-hydrogen) atoms. The zero-order valence-electron chi connectivity index (χ0n) is 8.46. The van der Waals surface area contributed by atoms with Crippen molar-refractivity contribution in [2.75, 3.05) is 32.8 Å². The van der Waals surface area contributed by atoms with Gasteiger partial charge in [-0.15, -0.1) is 0 Å². The van der Waals surface area contributed by atoms with Gasteiger partial charge < -0.3 is 10.5 Å². The number of nitrogens with zero attached hydrogens (tertiary/aromatic N) is 1. The lowest BCUT2D eigenvalue weighted by atomic mass is 9.89. The lowest BCUT2D eigenvalue weighted by molar-refractivity contribution is -0.142. The lowest BCUT2D eigenvalue weighted by Gasteiger charge is -2.51. The molecule has 2 heterocycles. The van der Waals surface area contributed by atoms with Gasteiger partial charge in [-0.3, -0.25) is 4.90 Å². The van der Waals surface area contributed by atoms with Crippen LogP contribution in [-0.4, -0.2) is 43.3 Å². The van der Waals surface area contributed by atoms with Crippen molar-refractivity contribution < 1.29 is 4.74 Å². The summed E-state index contributed by atoms with van der Waals surface area (Å²) in [5, 5.41) is 0. The summed E-state index contributed by atoms with van der Waals surface area (Å²) in [4.78, 5) is 2.54. The first-order valence-electron chi connectivity index (χ1n) is 5.30. The van der Waals surface area contributed by atoms with Gasteiger partial charge in [0.15, 0.2) is 0 Å². The Morgan fingerprint density at radius 2 is 2.00 bits per heavy atom. The van der Waals surface area contributed by atoms with Crippen molar-refractivity contribution in [3.8, 4) is 0 Å². The van der Waals surface area contributed by atoms with Gasteiger partial charge in [-0.1, -0.05) is 6.92 Å². The van der Waals surface area contributed by atoms with Crippen LogP contribution in [-0.2, 0) is 4.74 Å². The van der Waals surface area contributed by atoms with E-state index in [9.17, 15) is 0 Å². The molecule has 0 aromatic rings. The topological polar surface area (TPSA) is 38.5 Å². The standard InChI is InChI=1S/C10H20N2O/c1-9-2-4-12(5-3-9)10(6-11)7-13-8-10/h9H,2-8,11H2,1H3. The van der Waals surface area contributed by atoms with Crippen molar-refractivity contribution in [1.82, 2.24) is 4.90 Å². The monoisotopic (exact) mass is 184 g/mol. The van der Waals surface area contributed by atoms with E-state index < -0.39 is 0 Å². The molecule has 2 fully saturated rings. The van der Waals surface area contributed by atoms with Crippen molar-refractivity contribution in [1.29, 1.82) is 0 Å². The molecule has 0 atom stereocenters. The fourth-order valence-electron chi connectivity index (χ4n) is 2.25. The first kappa shape index (κ1) is 9.44. The first-order valence-corrected chi connectivity index (χ1v) is 5.30. The average molecular weight is 184 g/mol. The minimum atomic E-state index is 0.208. The third-order valence-electron chi connectivity index (χ3n) is 3.58. The summed E-state index contributed by atoms with van der Waals surface area (Å²) < 4.78 is 5.29. The molecule has 76 valence electrons. The van der Waals surface area contributed by atoms with Crippen molar-refractivity contribution in [2.45, 2.75) is 25.3 Å². The first-order chi connectivity index (χ1) is 6.27. The SMILES string of the molecule is CC1CCN(C2(CN)COC2)CC1. The van der Waals surface area contributed by atoms with Crippen LogP contribution in [0, 0.1) is 5.92 Å². The molecule has 2 N–H and O–H groups in total. The van der Waals surface area contributed by atoms with Crippen LogP contribution in [0.15, 0.2) is 0 Å². The molecule has 0 aromatic carbocycles. The highest BCUT2D eigenvalue weighted by atomic mass is 16.5. The number of rotatable bonds is 2. The van der Waals surface area contributed by atoms with Crippen molar-refractivity contribution in [3.05, 3.63) is 0 Å². The second kappa shape index (κ2) is 3.56. The Hall–Kier alpha value is -0.120. The smallest absolute Gasteiger partial charge is 0.0802 e. The van der Waals surface area contributed by atoms with E-state index in [0.29, 0.717) is 0 Å². The molecule has 3 nitrogen and oxygen atoms in total. The summed E-state index contributed by atoms with van der Waals surface area (Å²) in [5.74, 6) is 0.895. The molecular formula is C10H20N2O. The van der Waals surface area contributed by atoms with E-state index in [1.807, 2.05) is 0 Å². The maximum atomic E-state index is 5.81. The van der Waals surface area contributed by atoms with Crippen LogP contribution in [0.5, 0.6) is 0 Å². The van der Waals surface area contributed by atoms with Crippen LogP contribution in [0.25, 0.3) is 0 Å². The highest BCUT2D eigenvalue weighted by Crippen LogP contribution is 2.28. The Balaban J connectivity index is 1.92. The molecule has 0 saturated carbocycles. The fourth-order valence-corrected chi connectivity index (χ4v) is 2.25. The maximum absolute atomic E-state index is 5.81. The van der Waals surface area contributed by atoms with Gasteiger partial charge in [0.1, 0.15) is 0 Å². The summed E-state index contributed by atoms with van der Waals surface area (Å²) in [6.07, 6.45) is 2.64. The van der Waals surface area contributed by atoms with Gasteiger partial charge in [0.05, 0.1) is 18.8 Å². The Labute approximate surface area is 80.2 Å². The van der Waals surface area contributed by atoms with Crippen LogP contribution in [0.3, 0.4) is 0 Å². The zero-order chi connectivity index (χ0) is 9.31. The van der Waals surface area contributed by atoms with Gasteiger partial charge in [-0.2, -0.15) is 0 Å². The maximum Gasteiger partial charge on any atom is 0.0802 e. The number of likely N-dealkylation sites (tertiary alicyclic amines) is 1. The Morgan fingerprint density at radius 3 is 2.38 bits per heavy atom. The number of ether oxygens (including phenoxy) is 1. The molecule has 2 rings (SSSR count). The molecule has 0 amide bonds. The van der Waals surface area contributed by atoms with Gasteiger partial charge in [0.25, 0.3) is 0 Å². The molecule has 2 aliphatic heterocycles. The molecular weight excluding hydrogens is 164 g/mol. The number of nitrogens with two attached hydrogens (primary N) is 1. The summed E-state index contributed by atoms with van der Waals surface area (Å²) in [7, 11) is 0. The highest BCUT2D eigenvalue weighted by Gasteiger charge is 2.43. The van der Waals surface area contributed by atoms with Gasteiger partial charge in [0.2, 0.25) is 0 Å². The molecule has 0 bridgehead atoms. The van der Waals surface area contributed by atoms with E-state index in [0.717, 1.165) is 25.7 Å². The predicted molar refractivity (Wildman–Crippen MR) is 52.6 cm³/mol. The second-order valence-corrected chi connectivity index (χ2v) is 4.59. The third-order valence-corrected chi connectivity index (χ3v) is 3.58. The second-order valence-electron chi connectivity index (χ2n) is 4.59. The fraction of sp³-hybridized carbons (Fsp3) is 1.00. The minimum Gasteiger partial charge on any atom is -0.377 e. The van der Waals surface area contributed by atoms with Crippen LogP contribution in [0.2, 0.25) is 0 Å². The molecule has 3 heteroatoms. The Morgan fingerprint density at radius 1 is 1.38 bits per heavy atom. The molecule has 0 radical (unpaired) electrons.